The summed E-state index contributed by atoms with van der Waals surface area (Å²) in [6.45, 7) is 5.99. The molecule has 4 rings (SSSR count). The van der Waals surface area contributed by atoms with Crippen LogP contribution in [0.1, 0.15) is 34.1 Å². The number of anilines is 1. The number of hydrogen-bond donors (Lipinski definition) is 1. The highest BCUT2D eigenvalue weighted by Crippen LogP contribution is 2.33. The van der Waals surface area contributed by atoms with Crippen LogP contribution in [0.15, 0.2) is 78.0 Å². The number of methoxy groups -OCH3 is 3. The number of aryl methyl sites for hydroxylation is 3. The second-order valence-corrected chi connectivity index (χ2v) is 10.9. The van der Waals surface area contributed by atoms with Crippen molar-refractivity contribution in [2.75, 3.05) is 32.4 Å². The summed E-state index contributed by atoms with van der Waals surface area (Å²) in [7, 11) is 4.65. The fourth-order valence-electron chi connectivity index (χ4n) is 4.54. The molecule has 0 saturated carbocycles. The molecule has 43 heavy (non-hydrogen) atoms. The molecular formula is C33H36N4O5S. The van der Waals surface area contributed by atoms with Crippen molar-refractivity contribution >= 4 is 29.3 Å². The third-order valence-electron chi connectivity index (χ3n) is 6.74. The summed E-state index contributed by atoms with van der Waals surface area (Å²) in [5.74, 6) is 1.05. The van der Waals surface area contributed by atoms with E-state index in [4.69, 9.17) is 14.2 Å². The van der Waals surface area contributed by atoms with Crippen LogP contribution in [0, 0.1) is 20.8 Å². The maximum atomic E-state index is 14.2. The second kappa shape index (κ2) is 14.6. The molecule has 1 heterocycles. The minimum atomic E-state index is -0.979. The Hall–Kier alpha value is -4.57. The van der Waals surface area contributed by atoms with Crippen LogP contribution in [-0.2, 0) is 16.1 Å². The summed E-state index contributed by atoms with van der Waals surface area (Å²) in [5, 5.41) is 3.49. The smallest absolute Gasteiger partial charge is 0.251 e. The van der Waals surface area contributed by atoms with E-state index in [0.717, 1.165) is 22.5 Å². The number of amides is 2. The largest absolute Gasteiger partial charge is 0.497 e. The number of benzene rings is 3. The average Bonchev–Trinajstić information content (AvgIpc) is 3.00. The van der Waals surface area contributed by atoms with E-state index in [-0.39, 0.29) is 18.2 Å². The van der Waals surface area contributed by atoms with E-state index in [2.05, 4.69) is 15.3 Å². The highest BCUT2D eigenvalue weighted by Gasteiger charge is 2.32. The van der Waals surface area contributed by atoms with Gasteiger partial charge >= 0.3 is 0 Å². The number of thioether (sulfide) groups is 1. The summed E-state index contributed by atoms with van der Waals surface area (Å²) in [5.41, 5.74) is 4.71. The zero-order valence-electron chi connectivity index (χ0n) is 25.2. The van der Waals surface area contributed by atoms with Gasteiger partial charge in [0.1, 0.15) is 23.3 Å². The van der Waals surface area contributed by atoms with Gasteiger partial charge in [0.15, 0.2) is 5.16 Å². The lowest BCUT2D eigenvalue weighted by atomic mass is 10.0. The van der Waals surface area contributed by atoms with E-state index >= 15 is 0 Å². The lowest BCUT2D eigenvalue weighted by Gasteiger charge is -2.32. The van der Waals surface area contributed by atoms with Crippen LogP contribution in [-0.4, -0.2) is 53.8 Å². The summed E-state index contributed by atoms with van der Waals surface area (Å²) in [6, 6.07) is 21.1. The van der Waals surface area contributed by atoms with Gasteiger partial charge in [-0.05, 0) is 62.2 Å². The number of nitrogens with one attached hydrogen (secondary N) is 1. The Kier molecular flexibility index (Phi) is 10.6. The number of carbonyl (C=O) groups is 2. The Morgan fingerprint density at radius 3 is 2.05 bits per heavy atom. The fraction of sp³-hybridized carbons (Fsp3) is 0.273. The van der Waals surface area contributed by atoms with E-state index in [1.54, 1.807) is 61.6 Å². The van der Waals surface area contributed by atoms with Gasteiger partial charge < -0.3 is 24.4 Å². The Bertz CT molecular complexity index is 1540. The summed E-state index contributed by atoms with van der Waals surface area (Å²) in [4.78, 5) is 38.8. The van der Waals surface area contributed by atoms with Gasteiger partial charge in [-0.3, -0.25) is 9.59 Å². The molecule has 0 aliphatic carbocycles. The van der Waals surface area contributed by atoms with Gasteiger partial charge in [0.2, 0.25) is 5.91 Å². The first-order chi connectivity index (χ1) is 20.7. The Morgan fingerprint density at radius 2 is 1.44 bits per heavy atom. The topological polar surface area (TPSA) is 103 Å². The number of nitrogens with zero attached hydrogens (tertiary/aromatic N) is 3. The molecule has 0 aliphatic rings. The van der Waals surface area contributed by atoms with Crippen molar-refractivity contribution in [2.24, 2.45) is 0 Å². The predicted octanol–water partition coefficient (Wildman–Crippen LogP) is 5.93. The van der Waals surface area contributed by atoms with Crippen molar-refractivity contribution < 1.29 is 23.8 Å². The van der Waals surface area contributed by atoms with Crippen molar-refractivity contribution in [1.82, 2.24) is 14.9 Å². The molecule has 2 amide bonds. The molecule has 0 radical (unpaired) electrons. The first-order valence-corrected chi connectivity index (χ1v) is 14.7. The fourth-order valence-corrected chi connectivity index (χ4v) is 5.38. The third kappa shape index (κ3) is 8.26. The molecule has 10 heteroatoms. The van der Waals surface area contributed by atoms with Crippen LogP contribution in [0.4, 0.5) is 5.69 Å². The molecule has 0 spiro atoms. The Balaban J connectivity index is 1.74. The van der Waals surface area contributed by atoms with Crippen LogP contribution in [0.2, 0.25) is 0 Å². The average molecular weight is 601 g/mol. The summed E-state index contributed by atoms with van der Waals surface area (Å²) >= 11 is 1.24. The normalized spacial score (nSPS) is 11.4. The SMILES string of the molecule is COc1ccc([C@@H](C(=O)Nc2ccc(OC)cc2OC)N(Cc2ccc(C)cc2)C(=O)CSc2nc(C)cc(C)n2)cc1. The lowest BCUT2D eigenvalue weighted by molar-refractivity contribution is -0.137. The van der Waals surface area contributed by atoms with E-state index in [1.165, 1.54) is 18.9 Å². The van der Waals surface area contributed by atoms with Crippen LogP contribution in [0.25, 0.3) is 0 Å². The molecule has 4 aromatic rings. The van der Waals surface area contributed by atoms with E-state index < -0.39 is 11.9 Å². The van der Waals surface area contributed by atoms with Gasteiger partial charge in [0, 0.05) is 24.0 Å². The van der Waals surface area contributed by atoms with Gasteiger partial charge in [-0.2, -0.15) is 0 Å². The van der Waals surface area contributed by atoms with E-state index in [1.807, 2.05) is 51.1 Å². The first kappa shape index (κ1) is 31.4. The molecule has 0 unspecified atom stereocenters. The molecular weight excluding hydrogens is 564 g/mol. The molecule has 3 aromatic carbocycles. The van der Waals surface area contributed by atoms with E-state index in [9.17, 15) is 9.59 Å². The summed E-state index contributed by atoms with van der Waals surface area (Å²) < 4.78 is 16.2. The van der Waals surface area contributed by atoms with Crippen LogP contribution >= 0.6 is 11.8 Å². The standard InChI is InChI=1S/C33H36N4O5S/c1-21-7-9-24(10-8-21)19-37(30(38)20-43-33-34-22(2)17-23(3)35-33)31(25-11-13-26(40-4)14-12-25)32(39)36-28-16-15-27(41-5)18-29(28)42-6/h7-18,31H,19-20H2,1-6H3,(H,36,39)/t31-/m0/s1. The monoisotopic (exact) mass is 600 g/mol. The van der Waals surface area contributed by atoms with Crippen LogP contribution in [0.5, 0.6) is 17.2 Å². The van der Waals surface area contributed by atoms with Crippen molar-refractivity contribution in [1.29, 1.82) is 0 Å². The lowest BCUT2D eigenvalue weighted by Crippen LogP contribution is -2.41. The first-order valence-electron chi connectivity index (χ1n) is 13.7. The molecule has 0 aliphatic heterocycles. The third-order valence-corrected chi connectivity index (χ3v) is 7.57. The summed E-state index contributed by atoms with van der Waals surface area (Å²) in [6.07, 6.45) is 0. The van der Waals surface area contributed by atoms with Crippen molar-refractivity contribution in [2.45, 2.75) is 38.5 Å². The van der Waals surface area contributed by atoms with E-state index in [0.29, 0.717) is 33.7 Å². The molecule has 1 N–H and O–H groups in total. The molecule has 9 nitrogen and oxygen atoms in total. The quantitative estimate of drug-likeness (QED) is 0.158. The highest BCUT2D eigenvalue weighted by molar-refractivity contribution is 7.99. The van der Waals surface area contributed by atoms with Gasteiger partial charge in [-0.1, -0.05) is 53.7 Å². The number of hydrogen-bond acceptors (Lipinski definition) is 8. The second-order valence-electron chi connectivity index (χ2n) is 9.96. The maximum Gasteiger partial charge on any atom is 0.251 e. The minimum absolute atomic E-state index is 0.0422. The maximum absolute atomic E-state index is 14.2. The van der Waals surface area contributed by atoms with Crippen LogP contribution < -0.4 is 19.5 Å². The molecule has 0 bridgehead atoms. The van der Waals surface area contributed by atoms with Crippen molar-refractivity contribution in [3.8, 4) is 17.2 Å². The van der Waals surface area contributed by atoms with Crippen LogP contribution in [0.3, 0.4) is 0 Å². The Morgan fingerprint density at radius 1 is 0.814 bits per heavy atom. The van der Waals surface area contributed by atoms with Gasteiger partial charge in [0.05, 0.1) is 32.8 Å². The molecule has 224 valence electrons. The number of aromatic nitrogens is 2. The predicted molar refractivity (Wildman–Crippen MR) is 168 cm³/mol. The van der Waals surface area contributed by atoms with Gasteiger partial charge in [-0.25, -0.2) is 9.97 Å². The van der Waals surface area contributed by atoms with Gasteiger partial charge in [0.25, 0.3) is 5.91 Å². The minimum Gasteiger partial charge on any atom is -0.497 e. The Labute approximate surface area is 256 Å². The zero-order chi connectivity index (χ0) is 30.9. The molecule has 0 saturated heterocycles. The molecule has 0 fully saturated rings. The molecule has 1 atom stereocenters. The number of ether oxygens (including phenoxy) is 3. The number of rotatable bonds is 12. The zero-order valence-corrected chi connectivity index (χ0v) is 26.0. The molecule has 1 aromatic heterocycles. The highest BCUT2D eigenvalue weighted by atomic mass is 32.2. The van der Waals surface area contributed by atoms with Crippen molar-refractivity contribution in [3.05, 3.63) is 101 Å². The van der Waals surface area contributed by atoms with Gasteiger partial charge in [-0.15, -0.1) is 0 Å². The van der Waals surface area contributed by atoms with Crippen molar-refractivity contribution in [3.63, 3.8) is 0 Å². The number of carbonyl (C=O) groups excluding carboxylic acids is 2.